The molecule has 4 heterocycles. The Labute approximate surface area is 258 Å². The molecule has 8 nitrogen and oxygen atoms in total. The Kier molecular flexibility index (Phi) is 8.27. The summed E-state index contributed by atoms with van der Waals surface area (Å²) in [5.74, 6) is -0.475. The average molecular weight is 630 g/mol. The largest absolute Gasteiger partial charge is 0.379 e. The number of nitrogens with zero attached hydrogens (tertiary/aromatic N) is 5. The number of hydrogen-bond acceptors (Lipinski definition) is 7. The van der Waals surface area contributed by atoms with Crippen LogP contribution in [0.1, 0.15) is 19.4 Å². The van der Waals surface area contributed by atoms with Gasteiger partial charge in [-0.25, -0.2) is 13.6 Å². The summed E-state index contributed by atoms with van der Waals surface area (Å²) in [6.45, 7) is 13.6. The Balaban J connectivity index is 1.56. The number of rotatable bonds is 4. The smallest absolute Gasteiger partial charge is 0.350 e. The lowest BCUT2D eigenvalue weighted by Crippen LogP contribution is -2.58. The van der Waals surface area contributed by atoms with E-state index in [4.69, 9.17) is 16.3 Å². The highest BCUT2D eigenvalue weighted by Gasteiger charge is 2.35. The predicted octanol–water partition coefficient (Wildman–Crippen LogP) is 4.72. The van der Waals surface area contributed by atoms with Crippen LogP contribution >= 0.6 is 23.4 Å². The van der Waals surface area contributed by atoms with Crippen LogP contribution in [0.25, 0.3) is 22.0 Å². The molecule has 43 heavy (non-hydrogen) atoms. The molecule has 1 unspecified atom stereocenters. The van der Waals surface area contributed by atoms with Crippen molar-refractivity contribution in [3.63, 3.8) is 0 Å². The molecule has 0 spiro atoms. The fourth-order valence-electron chi connectivity index (χ4n) is 6.55. The number of morpholine rings is 1. The third-order valence-electron chi connectivity index (χ3n) is 8.77. The van der Waals surface area contributed by atoms with E-state index < -0.39 is 11.6 Å². The van der Waals surface area contributed by atoms with Crippen molar-refractivity contribution in [2.45, 2.75) is 50.3 Å². The lowest BCUT2D eigenvalue weighted by atomic mass is 9.96. The molecule has 2 saturated heterocycles. The number of benzene rings is 2. The lowest BCUT2D eigenvalue weighted by molar-refractivity contribution is -0.128. The number of ether oxygens (including phenoxy) is 1. The molecule has 1 amide bonds. The van der Waals surface area contributed by atoms with Gasteiger partial charge in [-0.3, -0.25) is 14.3 Å². The van der Waals surface area contributed by atoms with Gasteiger partial charge in [0.25, 0.3) is 0 Å². The van der Waals surface area contributed by atoms with Crippen molar-refractivity contribution < 1.29 is 18.3 Å². The summed E-state index contributed by atoms with van der Waals surface area (Å²) in [6.07, 6.45) is 1.32. The van der Waals surface area contributed by atoms with Crippen LogP contribution in [-0.4, -0.2) is 88.5 Å². The first-order valence-electron chi connectivity index (χ1n) is 14.5. The van der Waals surface area contributed by atoms with E-state index in [1.165, 1.54) is 12.1 Å². The van der Waals surface area contributed by atoms with E-state index in [1.807, 2.05) is 26.8 Å². The van der Waals surface area contributed by atoms with Gasteiger partial charge in [0.2, 0.25) is 5.91 Å². The van der Waals surface area contributed by atoms with Crippen molar-refractivity contribution in [2.75, 3.05) is 50.0 Å². The molecule has 0 bridgehead atoms. The summed E-state index contributed by atoms with van der Waals surface area (Å²) in [6, 6.07) is 3.85. The van der Waals surface area contributed by atoms with Crippen LogP contribution in [0.4, 0.5) is 14.6 Å². The van der Waals surface area contributed by atoms with E-state index >= 15 is 4.39 Å². The molecule has 228 valence electrons. The monoisotopic (exact) mass is 629 g/mol. The molecule has 2 fully saturated rings. The summed E-state index contributed by atoms with van der Waals surface area (Å²) in [4.78, 5) is 38.1. The van der Waals surface area contributed by atoms with Gasteiger partial charge in [-0.15, -0.1) is 11.8 Å². The highest BCUT2D eigenvalue weighted by molar-refractivity contribution is 7.99. The second-order valence-corrected chi connectivity index (χ2v) is 13.0. The Morgan fingerprint density at radius 2 is 1.86 bits per heavy atom. The van der Waals surface area contributed by atoms with E-state index in [1.54, 1.807) is 21.2 Å². The topological polar surface area (TPSA) is 70.9 Å². The predicted molar refractivity (Wildman–Crippen MR) is 166 cm³/mol. The van der Waals surface area contributed by atoms with Crippen LogP contribution in [0.2, 0.25) is 5.02 Å². The Hall–Kier alpha value is -2.99. The number of piperazine rings is 1. The maximum Gasteiger partial charge on any atom is 0.350 e. The van der Waals surface area contributed by atoms with Crippen LogP contribution in [0.3, 0.4) is 0 Å². The number of aromatic nitrogens is 2. The lowest BCUT2D eigenvalue weighted by Gasteiger charge is -2.44. The number of halogens is 3. The average Bonchev–Trinajstić information content (AvgIpc) is 3.19. The SMILES string of the molecule is C=CC(=O)N1C[C@H](C)N(c2nc(=O)n3c4c(c(-c5cc(Cl)c(F)cc5F)c(C)cc24)SCC(N2CCOCC2)C3)C[C@H]1C. The van der Waals surface area contributed by atoms with Gasteiger partial charge < -0.3 is 14.5 Å². The summed E-state index contributed by atoms with van der Waals surface area (Å²) in [7, 11) is 0. The summed E-state index contributed by atoms with van der Waals surface area (Å²) in [5.41, 5.74) is 1.83. The quantitative estimate of drug-likeness (QED) is 0.306. The highest BCUT2D eigenvalue weighted by Crippen LogP contribution is 2.45. The Morgan fingerprint density at radius 3 is 2.58 bits per heavy atom. The van der Waals surface area contributed by atoms with E-state index in [0.717, 1.165) is 35.0 Å². The second-order valence-electron chi connectivity index (χ2n) is 11.5. The van der Waals surface area contributed by atoms with Gasteiger partial charge in [-0.2, -0.15) is 4.98 Å². The first-order chi connectivity index (χ1) is 20.6. The van der Waals surface area contributed by atoms with Crippen LogP contribution in [-0.2, 0) is 16.1 Å². The van der Waals surface area contributed by atoms with Crippen LogP contribution < -0.4 is 10.6 Å². The van der Waals surface area contributed by atoms with Crippen molar-refractivity contribution >= 4 is 46.0 Å². The molecule has 6 rings (SSSR count). The molecule has 3 atom stereocenters. The van der Waals surface area contributed by atoms with Gasteiger partial charge in [0.05, 0.1) is 23.8 Å². The maximum absolute atomic E-state index is 15.4. The molecular weight excluding hydrogens is 596 g/mol. The molecule has 3 aliphatic heterocycles. The van der Waals surface area contributed by atoms with Crippen molar-refractivity contribution in [2.24, 2.45) is 0 Å². The van der Waals surface area contributed by atoms with Crippen LogP contribution in [0.15, 0.2) is 40.5 Å². The number of amides is 1. The molecule has 2 aromatic carbocycles. The normalized spacial score (nSPS) is 23.0. The minimum atomic E-state index is -0.826. The maximum atomic E-state index is 15.4. The van der Waals surface area contributed by atoms with Crippen molar-refractivity contribution in [1.82, 2.24) is 19.4 Å². The standard InChI is InChI=1S/C31H34ClF2N5O3S/c1-5-26(40)37-13-19(4)38(14-18(37)3)30-22-10-17(2)27(21-11-23(32)25(34)12-24(21)33)29-28(22)39(31(41)35-30)15-20(16-43-29)36-6-8-42-9-7-36/h5,10-12,18-20H,1,6-9,13-16H2,2-4H3/t18-,19+,20?/m1/s1. The molecule has 0 N–H and O–H groups in total. The highest BCUT2D eigenvalue weighted by atomic mass is 35.5. The third kappa shape index (κ3) is 5.34. The van der Waals surface area contributed by atoms with Gasteiger partial charge >= 0.3 is 5.69 Å². The molecule has 3 aromatic rings. The van der Waals surface area contributed by atoms with Crippen LogP contribution in [0.5, 0.6) is 0 Å². The van der Waals surface area contributed by atoms with Gasteiger partial charge in [0, 0.05) is 84.1 Å². The van der Waals surface area contributed by atoms with Gasteiger partial charge in [0.1, 0.15) is 17.5 Å². The van der Waals surface area contributed by atoms with Gasteiger partial charge in [-0.05, 0) is 44.5 Å². The van der Waals surface area contributed by atoms with E-state index in [0.29, 0.717) is 55.5 Å². The van der Waals surface area contributed by atoms with Crippen molar-refractivity contribution in [3.05, 3.63) is 63.6 Å². The number of carbonyl (C=O) groups is 1. The fraction of sp³-hybridized carbons (Fsp3) is 0.452. The zero-order valence-corrected chi connectivity index (χ0v) is 26.0. The Bertz CT molecular complexity index is 1680. The summed E-state index contributed by atoms with van der Waals surface area (Å²) < 4.78 is 36.9. The zero-order valence-electron chi connectivity index (χ0n) is 24.4. The first kappa shape index (κ1) is 30.1. The molecular formula is C31H34ClF2N5O3S. The Morgan fingerprint density at radius 1 is 1.12 bits per heavy atom. The minimum Gasteiger partial charge on any atom is -0.379 e. The molecule has 1 aromatic heterocycles. The van der Waals surface area contributed by atoms with Crippen molar-refractivity contribution in [3.8, 4) is 11.1 Å². The molecule has 3 aliphatic rings. The van der Waals surface area contributed by atoms with Crippen LogP contribution in [0, 0.1) is 18.6 Å². The van der Waals surface area contributed by atoms with E-state index in [-0.39, 0.29) is 40.3 Å². The second kappa shape index (κ2) is 11.8. The van der Waals surface area contributed by atoms with Gasteiger partial charge in [0.15, 0.2) is 0 Å². The molecule has 0 aliphatic carbocycles. The number of anilines is 1. The van der Waals surface area contributed by atoms with Crippen molar-refractivity contribution in [1.29, 1.82) is 0 Å². The zero-order chi connectivity index (χ0) is 30.6. The molecule has 0 saturated carbocycles. The van der Waals surface area contributed by atoms with E-state index in [2.05, 4.69) is 21.4 Å². The summed E-state index contributed by atoms with van der Waals surface area (Å²) in [5, 5.41) is 0.609. The summed E-state index contributed by atoms with van der Waals surface area (Å²) >= 11 is 7.73. The van der Waals surface area contributed by atoms with Gasteiger partial charge in [-0.1, -0.05) is 18.2 Å². The number of aryl methyl sites for hydroxylation is 1. The minimum absolute atomic E-state index is 0.0251. The number of hydrogen-bond donors (Lipinski definition) is 0. The number of carbonyl (C=O) groups excluding carboxylic acids is 1. The molecule has 0 radical (unpaired) electrons. The first-order valence-corrected chi connectivity index (χ1v) is 15.8. The number of thioether (sulfide) groups is 1. The molecule has 12 heteroatoms. The fourth-order valence-corrected chi connectivity index (χ4v) is 8.16. The third-order valence-corrected chi connectivity index (χ3v) is 10.3. The van der Waals surface area contributed by atoms with E-state index in [9.17, 15) is 14.0 Å².